The van der Waals surface area contributed by atoms with Gasteiger partial charge in [-0.15, -0.1) is 0 Å². The summed E-state index contributed by atoms with van der Waals surface area (Å²) >= 11 is 12.4. The Bertz CT molecular complexity index is 1980. The molecule has 5 aromatic carbocycles. The number of carbonyl (C=O) groups is 3. The molecule has 2 unspecified atom stereocenters. The number of hydrogen-bond acceptors (Lipinski definition) is 6. The molecule has 7 rings (SSSR count). The fraction of sp³-hybridized carbons (Fsp3) is 0.184. The fourth-order valence-electron chi connectivity index (χ4n) is 6.22. The van der Waals surface area contributed by atoms with Gasteiger partial charge in [-0.2, -0.15) is 0 Å². The second kappa shape index (κ2) is 13.2. The monoisotopic (exact) mass is 680 g/mol. The molecule has 2 aliphatic heterocycles. The largest absolute Gasteiger partial charge is 0.494 e. The number of amides is 3. The molecule has 2 heterocycles. The first-order chi connectivity index (χ1) is 23.3. The highest BCUT2D eigenvalue weighted by atomic mass is 35.5. The summed E-state index contributed by atoms with van der Waals surface area (Å²) in [5, 5.41) is 2.36. The van der Waals surface area contributed by atoms with Gasteiger partial charge in [0.1, 0.15) is 23.3 Å². The molecule has 0 aliphatic carbocycles. The number of benzene rings is 5. The van der Waals surface area contributed by atoms with Crippen molar-refractivity contribution in [3.63, 3.8) is 0 Å². The molecule has 0 aromatic heterocycles. The quantitative estimate of drug-likeness (QED) is 0.0795. The van der Waals surface area contributed by atoms with E-state index in [0.717, 1.165) is 10.9 Å². The molecule has 0 radical (unpaired) electrons. The Kier molecular flexibility index (Phi) is 8.69. The molecule has 0 saturated carbocycles. The van der Waals surface area contributed by atoms with Gasteiger partial charge in [0.05, 0.1) is 18.2 Å². The lowest BCUT2D eigenvalue weighted by atomic mass is 9.89. The molecule has 1 saturated heterocycles. The van der Waals surface area contributed by atoms with Crippen LogP contribution >= 0.6 is 23.2 Å². The van der Waals surface area contributed by atoms with Crippen molar-refractivity contribution in [3.8, 4) is 17.2 Å². The van der Waals surface area contributed by atoms with Crippen LogP contribution in [0, 0.1) is 0 Å². The number of imide groups is 1. The Morgan fingerprint density at radius 2 is 1.40 bits per heavy atom. The van der Waals surface area contributed by atoms with Gasteiger partial charge in [0.25, 0.3) is 17.7 Å². The third-order valence-corrected chi connectivity index (χ3v) is 9.02. The number of ether oxygens (including phenoxy) is 3. The molecule has 3 amide bonds. The molecule has 2 aliphatic rings. The molecule has 48 heavy (non-hydrogen) atoms. The molecule has 0 bridgehead atoms. The number of halogens is 2. The van der Waals surface area contributed by atoms with E-state index in [4.69, 9.17) is 37.4 Å². The Labute approximate surface area is 287 Å². The van der Waals surface area contributed by atoms with E-state index < -0.39 is 12.1 Å². The predicted molar refractivity (Wildman–Crippen MR) is 185 cm³/mol. The molecule has 10 heteroatoms. The van der Waals surface area contributed by atoms with Gasteiger partial charge in [-0.05, 0) is 91.0 Å². The Hall–Kier alpha value is -5.05. The van der Waals surface area contributed by atoms with Gasteiger partial charge < -0.3 is 14.2 Å². The van der Waals surface area contributed by atoms with Crippen LogP contribution in [0.4, 0.5) is 5.69 Å². The molecule has 242 valence electrons. The lowest BCUT2D eigenvalue weighted by molar-refractivity contribution is -0.135. The normalized spacial score (nSPS) is 17.0. The Balaban J connectivity index is 1.04. The molecule has 8 nitrogen and oxygen atoms in total. The van der Waals surface area contributed by atoms with Crippen molar-refractivity contribution in [2.75, 3.05) is 24.7 Å². The summed E-state index contributed by atoms with van der Waals surface area (Å²) in [7, 11) is 0. The number of anilines is 1. The van der Waals surface area contributed by atoms with E-state index in [-0.39, 0.29) is 24.3 Å². The molecule has 2 atom stereocenters. The second-order valence-corrected chi connectivity index (χ2v) is 12.3. The zero-order valence-corrected chi connectivity index (χ0v) is 27.4. The van der Waals surface area contributed by atoms with Crippen molar-refractivity contribution in [2.45, 2.75) is 25.5 Å². The van der Waals surface area contributed by atoms with Crippen molar-refractivity contribution >= 4 is 57.4 Å². The fourth-order valence-corrected chi connectivity index (χ4v) is 6.68. The first-order valence-corrected chi connectivity index (χ1v) is 16.4. The van der Waals surface area contributed by atoms with Crippen molar-refractivity contribution in [1.29, 1.82) is 0 Å². The van der Waals surface area contributed by atoms with Crippen LogP contribution in [0.25, 0.3) is 10.8 Å². The van der Waals surface area contributed by atoms with Crippen LogP contribution in [0.5, 0.6) is 17.2 Å². The zero-order valence-electron chi connectivity index (χ0n) is 25.9. The molecular formula is C38H30Cl2N2O6. The highest BCUT2D eigenvalue weighted by molar-refractivity contribution is 6.35. The lowest BCUT2D eigenvalue weighted by Crippen LogP contribution is -2.61. The van der Waals surface area contributed by atoms with Crippen LogP contribution in [-0.4, -0.2) is 48.5 Å². The summed E-state index contributed by atoms with van der Waals surface area (Å²) in [5.74, 6) is 0.887. The average molecular weight is 682 g/mol. The summed E-state index contributed by atoms with van der Waals surface area (Å²) in [6.07, 6.45) is -0.366. The van der Waals surface area contributed by atoms with E-state index in [1.165, 1.54) is 4.90 Å². The van der Waals surface area contributed by atoms with E-state index in [1.54, 1.807) is 35.2 Å². The van der Waals surface area contributed by atoms with Crippen molar-refractivity contribution in [3.05, 3.63) is 130 Å². The van der Waals surface area contributed by atoms with Crippen molar-refractivity contribution < 1.29 is 28.6 Å². The van der Waals surface area contributed by atoms with E-state index in [9.17, 15) is 14.4 Å². The maximum absolute atomic E-state index is 13.5. The third-order valence-electron chi connectivity index (χ3n) is 8.49. The summed E-state index contributed by atoms with van der Waals surface area (Å²) < 4.78 is 17.7. The number of rotatable bonds is 11. The highest BCUT2D eigenvalue weighted by Gasteiger charge is 2.51. The van der Waals surface area contributed by atoms with Crippen LogP contribution < -0.4 is 19.1 Å². The minimum atomic E-state index is -0.822. The molecule has 1 fully saturated rings. The minimum absolute atomic E-state index is 0.212. The second-order valence-electron chi connectivity index (χ2n) is 11.4. The summed E-state index contributed by atoms with van der Waals surface area (Å²) in [6.45, 7) is 2.98. The minimum Gasteiger partial charge on any atom is -0.494 e. The number of nitrogens with zero attached hydrogens (tertiary/aromatic N) is 2. The van der Waals surface area contributed by atoms with E-state index in [2.05, 4.69) is 0 Å². The number of hydrogen-bond donors (Lipinski definition) is 0. The Morgan fingerprint density at radius 3 is 2.04 bits per heavy atom. The maximum atomic E-state index is 13.5. The number of β-lactam (4-membered cyclic amide) rings is 1. The third kappa shape index (κ3) is 5.82. The molecular weight excluding hydrogens is 651 g/mol. The number of carbonyl (C=O) groups excluding carboxylic acids is 3. The zero-order chi connectivity index (χ0) is 33.4. The van der Waals surface area contributed by atoms with Crippen LogP contribution in [0.3, 0.4) is 0 Å². The highest BCUT2D eigenvalue weighted by Crippen LogP contribution is 2.43. The molecule has 0 spiro atoms. The van der Waals surface area contributed by atoms with E-state index in [0.29, 0.717) is 69.1 Å². The summed E-state index contributed by atoms with van der Waals surface area (Å²) in [6, 6.07) is 30.2. The van der Waals surface area contributed by atoms with Crippen molar-refractivity contribution in [1.82, 2.24) is 4.90 Å². The van der Waals surface area contributed by atoms with Gasteiger partial charge >= 0.3 is 0 Å². The smallest absolute Gasteiger partial charge is 0.271 e. The summed E-state index contributed by atoms with van der Waals surface area (Å²) in [4.78, 5) is 42.9. The van der Waals surface area contributed by atoms with E-state index >= 15 is 0 Å². The molecule has 0 N–H and O–H groups in total. The lowest BCUT2D eigenvalue weighted by Gasteiger charge is -2.46. The topological polar surface area (TPSA) is 85.4 Å². The van der Waals surface area contributed by atoms with Crippen LogP contribution in [0.2, 0.25) is 10.0 Å². The summed E-state index contributed by atoms with van der Waals surface area (Å²) in [5.41, 5.74) is 2.61. The van der Waals surface area contributed by atoms with Crippen molar-refractivity contribution in [2.24, 2.45) is 0 Å². The average Bonchev–Trinajstić information content (AvgIpc) is 3.09. The van der Waals surface area contributed by atoms with Gasteiger partial charge in [-0.1, -0.05) is 59.6 Å². The SMILES string of the molecule is CCOc1ccc(N2C(=O)C(Oc3ccc(Cl)cc3Cl)C2c2ccc(OCCCN3C(=O)c4cccc5cccc(c45)C3=O)cc2)cc1. The van der Waals surface area contributed by atoms with Gasteiger partial charge in [-0.25, -0.2) is 0 Å². The van der Waals surface area contributed by atoms with Gasteiger partial charge in [0.2, 0.25) is 6.10 Å². The van der Waals surface area contributed by atoms with Crippen LogP contribution in [0.15, 0.2) is 103 Å². The first kappa shape index (κ1) is 31.5. The van der Waals surface area contributed by atoms with Gasteiger partial charge in [0.15, 0.2) is 0 Å². The van der Waals surface area contributed by atoms with E-state index in [1.807, 2.05) is 79.7 Å². The van der Waals surface area contributed by atoms with Gasteiger partial charge in [0, 0.05) is 33.8 Å². The van der Waals surface area contributed by atoms with Gasteiger partial charge in [-0.3, -0.25) is 24.2 Å². The molecule has 5 aromatic rings. The van der Waals surface area contributed by atoms with Crippen LogP contribution in [-0.2, 0) is 4.79 Å². The Morgan fingerprint density at radius 1 is 0.750 bits per heavy atom. The maximum Gasteiger partial charge on any atom is 0.271 e. The standard InChI is InChI=1S/C38H30Cl2N2O6/c1-2-46-27-17-13-26(14-18-27)42-34(35(38(42)45)48-32-19-12-25(39)22-31(32)40)24-10-15-28(16-11-24)47-21-5-20-41-36(43)29-8-3-6-23-7-4-9-30(33(23)29)37(41)44/h3-4,6-19,22,34-35H,2,5,20-21H2,1H3. The van der Waals surface area contributed by atoms with Crippen LogP contribution in [0.1, 0.15) is 45.7 Å². The predicted octanol–water partition coefficient (Wildman–Crippen LogP) is 8.15. The first-order valence-electron chi connectivity index (χ1n) is 15.6.